The summed E-state index contributed by atoms with van der Waals surface area (Å²) in [6.45, 7) is 0. The Morgan fingerprint density at radius 1 is 1.15 bits per heavy atom. The van der Waals surface area contributed by atoms with Crippen molar-refractivity contribution in [2.75, 3.05) is 4.72 Å². The van der Waals surface area contributed by atoms with Crippen molar-refractivity contribution >= 4 is 44.5 Å². The lowest BCUT2D eigenvalue weighted by atomic mass is 10.2. The van der Waals surface area contributed by atoms with Gasteiger partial charge < -0.3 is 5.73 Å². The highest BCUT2D eigenvalue weighted by atomic mass is 35.5. The van der Waals surface area contributed by atoms with E-state index in [1.165, 1.54) is 18.2 Å². The van der Waals surface area contributed by atoms with E-state index in [0.29, 0.717) is 10.6 Å². The number of anilines is 1. The summed E-state index contributed by atoms with van der Waals surface area (Å²) in [6, 6.07) is 12.6. The number of hydrogen-bond acceptors (Lipinski definition) is 3. The molecule has 0 aromatic heterocycles. The molecule has 2 rings (SSSR count). The fourth-order valence-corrected chi connectivity index (χ4v) is 3.06. The maximum Gasteiger partial charge on any atom is 0.261 e. The van der Waals surface area contributed by atoms with Gasteiger partial charge in [0.25, 0.3) is 10.0 Å². The van der Waals surface area contributed by atoms with Crippen LogP contribution in [0.1, 0.15) is 5.56 Å². The molecule has 2 aromatic carbocycles. The molecule has 0 aliphatic heterocycles. The maximum atomic E-state index is 12.2. The summed E-state index contributed by atoms with van der Waals surface area (Å²) in [7, 11) is -3.71. The van der Waals surface area contributed by atoms with Crippen LogP contribution in [0, 0.1) is 0 Å². The van der Waals surface area contributed by atoms with Crippen molar-refractivity contribution in [3.8, 4) is 0 Å². The molecule has 0 spiro atoms. The molecule has 0 aliphatic carbocycles. The Labute approximate surface area is 127 Å². The van der Waals surface area contributed by atoms with Crippen molar-refractivity contribution in [3.63, 3.8) is 0 Å². The van der Waals surface area contributed by atoms with Crippen LogP contribution in [0.4, 0.5) is 5.69 Å². The van der Waals surface area contributed by atoms with Gasteiger partial charge in [-0.25, -0.2) is 8.42 Å². The van der Waals surface area contributed by atoms with Gasteiger partial charge in [0.05, 0.1) is 10.6 Å². The van der Waals surface area contributed by atoms with E-state index in [1.54, 1.807) is 30.3 Å². The lowest BCUT2D eigenvalue weighted by molar-refractivity contribution is 0.601. The van der Waals surface area contributed by atoms with Crippen LogP contribution < -0.4 is 10.5 Å². The third-order valence-corrected chi connectivity index (χ3v) is 4.38. The SMILES string of the molecule is NC(=S)c1ccc(Cl)cc1NS(=O)(=O)c1ccccc1. The molecule has 2 aromatic rings. The standard InChI is InChI=1S/C13H11ClN2O2S2/c14-9-6-7-11(13(15)19)12(8-9)16-20(17,18)10-4-2-1-3-5-10/h1-8,16H,(H2,15,19). The van der Waals surface area contributed by atoms with Gasteiger partial charge in [0.2, 0.25) is 0 Å². The maximum absolute atomic E-state index is 12.2. The Balaban J connectivity index is 2.44. The van der Waals surface area contributed by atoms with Crippen molar-refractivity contribution in [2.24, 2.45) is 5.73 Å². The van der Waals surface area contributed by atoms with E-state index in [0.717, 1.165) is 0 Å². The second-order valence-corrected chi connectivity index (χ2v) is 6.53. The minimum absolute atomic E-state index is 0.0902. The lowest BCUT2D eigenvalue weighted by Gasteiger charge is -2.12. The van der Waals surface area contributed by atoms with E-state index >= 15 is 0 Å². The molecule has 0 unspecified atom stereocenters. The number of halogens is 1. The highest BCUT2D eigenvalue weighted by molar-refractivity contribution is 7.92. The first kappa shape index (κ1) is 14.8. The molecule has 0 radical (unpaired) electrons. The fraction of sp³-hybridized carbons (Fsp3) is 0. The zero-order valence-corrected chi connectivity index (χ0v) is 12.6. The molecule has 0 atom stereocenters. The predicted molar refractivity (Wildman–Crippen MR) is 84.6 cm³/mol. The van der Waals surface area contributed by atoms with Crippen molar-refractivity contribution in [1.29, 1.82) is 0 Å². The van der Waals surface area contributed by atoms with Crippen LogP contribution in [0.25, 0.3) is 0 Å². The number of nitrogens with two attached hydrogens (primary N) is 1. The third-order valence-electron chi connectivity index (χ3n) is 2.54. The van der Waals surface area contributed by atoms with E-state index in [4.69, 9.17) is 29.6 Å². The van der Waals surface area contributed by atoms with Crippen LogP contribution in [0.3, 0.4) is 0 Å². The lowest BCUT2D eigenvalue weighted by Crippen LogP contribution is -2.18. The molecular formula is C13H11ClN2O2S2. The normalized spacial score (nSPS) is 11.1. The summed E-state index contributed by atoms with van der Waals surface area (Å²) in [6.07, 6.45) is 0. The molecule has 7 heteroatoms. The van der Waals surface area contributed by atoms with Crippen LogP contribution in [-0.2, 0) is 10.0 Å². The van der Waals surface area contributed by atoms with Crippen LogP contribution in [0.2, 0.25) is 5.02 Å². The van der Waals surface area contributed by atoms with Gasteiger partial charge in [0, 0.05) is 10.6 Å². The quantitative estimate of drug-likeness (QED) is 0.847. The molecule has 0 saturated carbocycles. The fourth-order valence-electron chi connectivity index (χ4n) is 1.62. The van der Waals surface area contributed by atoms with Gasteiger partial charge in [-0.05, 0) is 30.3 Å². The van der Waals surface area contributed by atoms with Crippen LogP contribution in [-0.4, -0.2) is 13.4 Å². The molecule has 0 bridgehead atoms. The largest absolute Gasteiger partial charge is 0.389 e. The molecule has 0 amide bonds. The molecule has 0 heterocycles. The van der Waals surface area contributed by atoms with Crippen molar-refractivity contribution < 1.29 is 8.42 Å². The monoisotopic (exact) mass is 326 g/mol. The van der Waals surface area contributed by atoms with Gasteiger partial charge in [-0.15, -0.1) is 0 Å². The molecular weight excluding hydrogens is 316 g/mol. The number of sulfonamides is 1. The highest BCUT2D eigenvalue weighted by Gasteiger charge is 2.16. The van der Waals surface area contributed by atoms with Crippen molar-refractivity contribution in [1.82, 2.24) is 0 Å². The summed E-state index contributed by atoms with van der Waals surface area (Å²) < 4.78 is 26.9. The summed E-state index contributed by atoms with van der Waals surface area (Å²) in [4.78, 5) is 0.237. The summed E-state index contributed by atoms with van der Waals surface area (Å²) in [5.74, 6) is 0. The van der Waals surface area contributed by atoms with Crippen molar-refractivity contribution in [3.05, 3.63) is 59.1 Å². The second-order valence-electron chi connectivity index (χ2n) is 3.97. The summed E-state index contributed by atoms with van der Waals surface area (Å²) >= 11 is 10.8. The van der Waals surface area contributed by atoms with Gasteiger partial charge in [0.15, 0.2) is 0 Å². The van der Waals surface area contributed by atoms with Gasteiger partial charge in [-0.2, -0.15) is 0 Å². The van der Waals surface area contributed by atoms with E-state index in [9.17, 15) is 8.42 Å². The van der Waals surface area contributed by atoms with Crippen LogP contribution >= 0.6 is 23.8 Å². The molecule has 0 saturated heterocycles. The molecule has 20 heavy (non-hydrogen) atoms. The van der Waals surface area contributed by atoms with Gasteiger partial charge in [-0.1, -0.05) is 42.0 Å². The molecule has 0 fully saturated rings. The zero-order chi connectivity index (χ0) is 14.8. The number of thiocarbonyl (C=S) groups is 1. The van der Waals surface area contributed by atoms with Crippen molar-refractivity contribution in [2.45, 2.75) is 4.90 Å². The predicted octanol–water partition coefficient (Wildman–Crippen LogP) is 2.78. The Bertz CT molecular complexity index is 746. The number of hydrogen-bond donors (Lipinski definition) is 2. The van der Waals surface area contributed by atoms with E-state index in [-0.39, 0.29) is 15.6 Å². The second kappa shape index (κ2) is 5.78. The minimum Gasteiger partial charge on any atom is -0.389 e. The average Bonchev–Trinajstić information content (AvgIpc) is 2.39. The molecule has 4 nitrogen and oxygen atoms in total. The van der Waals surface area contributed by atoms with E-state index in [2.05, 4.69) is 4.72 Å². The van der Waals surface area contributed by atoms with Gasteiger partial charge >= 0.3 is 0 Å². The average molecular weight is 327 g/mol. The number of benzene rings is 2. The van der Waals surface area contributed by atoms with Gasteiger partial charge in [-0.3, -0.25) is 4.72 Å². The zero-order valence-electron chi connectivity index (χ0n) is 10.2. The Kier molecular flexibility index (Phi) is 4.27. The van der Waals surface area contributed by atoms with Crippen LogP contribution in [0.15, 0.2) is 53.4 Å². The topological polar surface area (TPSA) is 72.2 Å². The Morgan fingerprint density at radius 3 is 2.40 bits per heavy atom. The smallest absolute Gasteiger partial charge is 0.261 e. The Morgan fingerprint density at radius 2 is 1.80 bits per heavy atom. The first-order valence-electron chi connectivity index (χ1n) is 5.57. The summed E-state index contributed by atoms with van der Waals surface area (Å²) in [5, 5.41) is 0.385. The minimum atomic E-state index is -3.71. The summed E-state index contributed by atoms with van der Waals surface area (Å²) in [5.41, 5.74) is 6.25. The number of rotatable bonds is 4. The van der Waals surface area contributed by atoms with Gasteiger partial charge in [0.1, 0.15) is 4.99 Å². The van der Waals surface area contributed by atoms with E-state index < -0.39 is 10.0 Å². The van der Waals surface area contributed by atoms with Crippen LogP contribution in [0.5, 0.6) is 0 Å². The third kappa shape index (κ3) is 3.27. The molecule has 3 N–H and O–H groups in total. The number of nitrogens with one attached hydrogen (secondary N) is 1. The first-order chi connectivity index (χ1) is 9.40. The Hall–Kier alpha value is -1.63. The first-order valence-corrected chi connectivity index (χ1v) is 7.84. The van der Waals surface area contributed by atoms with E-state index in [1.807, 2.05) is 0 Å². The highest BCUT2D eigenvalue weighted by Crippen LogP contribution is 2.24. The molecule has 104 valence electrons. The molecule has 0 aliphatic rings.